The molecule has 0 heterocycles. The molecule has 0 aliphatic carbocycles. The van der Waals surface area contributed by atoms with Gasteiger partial charge in [-0.2, -0.15) is 0 Å². The van der Waals surface area contributed by atoms with Gasteiger partial charge in [-0.05, 0) is 45.0 Å². The van der Waals surface area contributed by atoms with Crippen LogP contribution >= 0.6 is 0 Å². The van der Waals surface area contributed by atoms with Gasteiger partial charge in [0.2, 0.25) is 5.91 Å². The summed E-state index contributed by atoms with van der Waals surface area (Å²) in [5.41, 5.74) is 3.22. The van der Waals surface area contributed by atoms with Crippen molar-refractivity contribution in [1.82, 2.24) is 0 Å². The van der Waals surface area contributed by atoms with Gasteiger partial charge in [0.1, 0.15) is 0 Å². The number of anilines is 2. The fourth-order valence-corrected chi connectivity index (χ4v) is 2.36. The minimum atomic E-state index is 0.0838. The molecule has 0 aliphatic rings. The quantitative estimate of drug-likeness (QED) is 0.836. The van der Waals surface area contributed by atoms with E-state index < -0.39 is 0 Å². The third-order valence-corrected chi connectivity index (χ3v) is 3.81. The summed E-state index contributed by atoms with van der Waals surface area (Å²) in [6.07, 6.45) is 0. The second kappa shape index (κ2) is 7.12. The fraction of sp³-hybridized carbons (Fsp3) is 0.316. The fourth-order valence-electron chi connectivity index (χ4n) is 2.36. The number of hydrogen-bond acceptors (Lipinski definition) is 2. The molecule has 1 amide bonds. The molecule has 2 aromatic carbocycles. The first-order chi connectivity index (χ1) is 10.5. The number of carbonyl (C=O) groups is 1. The van der Waals surface area contributed by atoms with E-state index in [1.807, 2.05) is 37.4 Å². The third-order valence-electron chi connectivity index (χ3n) is 3.81. The molecule has 3 nitrogen and oxygen atoms in total. The molecule has 0 fully saturated rings. The summed E-state index contributed by atoms with van der Waals surface area (Å²) >= 11 is 0. The first-order valence-electron chi connectivity index (χ1n) is 7.64. The molecule has 0 saturated carbocycles. The van der Waals surface area contributed by atoms with E-state index in [0.717, 1.165) is 11.4 Å². The molecule has 0 atom stereocenters. The Bertz CT molecular complexity index is 605. The predicted molar refractivity (Wildman–Crippen MR) is 93.5 cm³/mol. The molecule has 116 valence electrons. The Morgan fingerprint density at radius 1 is 0.955 bits per heavy atom. The van der Waals surface area contributed by atoms with Gasteiger partial charge in [-0.3, -0.25) is 4.79 Å². The van der Waals surface area contributed by atoms with Gasteiger partial charge in [0.05, 0.1) is 6.54 Å². The lowest BCUT2D eigenvalue weighted by Gasteiger charge is -2.30. The number of aryl methyl sites for hydroxylation is 1. The lowest BCUT2D eigenvalue weighted by Crippen LogP contribution is -2.41. The molecule has 0 unspecified atom stereocenters. The van der Waals surface area contributed by atoms with Crippen LogP contribution in [0.15, 0.2) is 54.6 Å². The highest BCUT2D eigenvalue weighted by molar-refractivity contribution is 5.96. The lowest BCUT2D eigenvalue weighted by molar-refractivity contribution is -0.117. The Kier molecular flexibility index (Phi) is 5.21. The average molecular weight is 296 g/mol. The van der Waals surface area contributed by atoms with E-state index in [9.17, 15) is 4.79 Å². The van der Waals surface area contributed by atoms with Crippen molar-refractivity contribution in [3.05, 3.63) is 60.2 Å². The topological polar surface area (TPSA) is 23.6 Å². The number of nitrogens with zero attached hydrogens (tertiary/aromatic N) is 2. The van der Waals surface area contributed by atoms with Crippen LogP contribution in [-0.2, 0) is 4.79 Å². The van der Waals surface area contributed by atoms with Crippen molar-refractivity contribution in [3.63, 3.8) is 0 Å². The van der Waals surface area contributed by atoms with Crippen LogP contribution in [0.2, 0.25) is 0 Å². The first kappa shape index (κ1) is 16.1. The number of rotatable bonds is 5. The van der Waals surface area contributed by atoms with E-state index in [-0.39, 0.29) is 11.9 Å². The van der Waals surface area contributed by atoms with E-state index in [2.05, 4.69) is 49.9 Å². The Hall–Kier alpha value is -2.29. The van der Waals surface area contributed by atoms with Crippen LogP contribution in [0.1, 0.15) is 19.4 Å². The van der Waals surface area contributed by atoms with Gasteiger partial charge in [0.15, 0.2) is 0 Å². The molecule has 0 spiro atoms. The van der Waals surface area contributed by atoms with Gasteiger partial charge >= 0.3 is 0 Å². The van der Waals surface area contributed by atoms with Crippen molar-refractivity contribution < 1.29 is 4.79 Å². The molecule has 2 rings (SSSR count). The standard InChI is InChI=1S/C19H24N2O/c1-15(2)21(18-12-10-16(3)11-13-18)14-19(22)20(4)17-8-6-5-7-9-17/h5-13,15H,14H2,1-4H3. The van der Waals surface area contributed by atoms with E-state index >= 15 is 0 Å². The highest BCUT2D eigenvalue weighted by Gasteiger charge is 2.18. The van der Waals surface area contributed by atoms with Gasteiger partial charge < -0.3 is 9.80 Å². The van der Waals surface area contributed by atoms with E-state index in [1.54, 1.807) is 4.90 Å². The van der Waals surface area contributed by atoms with E-state index in [1.165, 1.54) is 5.56 Å². The van der Waals surface area contributed by atoms with Crippen LogP contribution in [0.4, 0.5) is 11.4 Å². The molecular weight excluding hydrogens is 272 g/mol. The average Bonchev–Trinajstić information content (AvgIpc) is 2.53. The summed E-state index contributed by atoms with van der Waals surface area (Å²) in [6.45, 7) is 6.65. The number of likely N-dealkylation sites (N-methyl/N-ethyl adjacent to an activating group) is 1. The maximum Gasteiger partial charge on any atom is 0.246 e. The zero-order chi connectivity index (χ0) is 16.1. The number of amides is 1. The predicted octanol–water partition coefficient (Wildman–Crippen LogP) is 3.87. The highest BCUT2D eigenvalue weighted by atomic mass is 16.2. The molecule has 0 saturated heterocycles. The molecule has 0 aliphatic heterocycles. The zero-order valence-corrected chi connectivity index (χ0v) is 13.8. The Labute approximate surface area is 133 Å². The van der Waals surface area contributed by atoms with E-state index in [4.69, 9.17) is 0 Å². The zero-order valence-electron chi connectivity index (χ0n) is 13.8. The molecule has 2 aromatic rings. The minimum absolute atomic E-state index is 0.0838. The van der Waals surface area contributed by atoms with Crippen LogP contribution in [0.3, 0.4) is 0 Å². The second-order valence-electron chi connectivity index (χ2n) is 5.85. The van der Waals surface area contributed by atoms with E-state index in [0.29, 0.717) is 6.54 Å². The van der Waals surface area contributed by atoms with Crippen LogP contribution < -0.4 is 9.80 Å². The summed E-state index contributed by atoms with van der Waals surface area (Å²) < 4.78 is 0. The molecule has 0 radical (unpaired) electrons. The molecular formula is C19H24N2O. The van der Waals surface area contributed by atoms with Gasteiger partial charge in [-0.15, -0.1) is 0 Å². The smallest absolute Gasteiger partial charge is 0.246 e. The molecule has 0 bridgehead atoms. The molecule has 22 heavy (non-hydrogen) atoms. The van der Waals surface area contributed by atoms with Gasteiger partial charge in [0, 0.05) is 24.5 Å². The van der Waals surface area contributed by atoms with Gasteiger partial charge in [-0.1, -0.05) is 35.9 Å². The van der Waals surface area contributed by atoms with Gasteiger partial charge in [-0.25, -0.2) is 0 Å². The summed E-state index contributed by atoms with van der Waals surface area (Å²) in [5, 5.41) is 0. The van der Waals surface area contributed by atoms with Crippen molar-refractivity contribution in [2.75, 3.05) is 23.4 Å². The highest BCUT2D eigenvalue weighted by Crippen LogP contribution is 2.19. The molecule has 0 N–H and O–H groups in total. The number of benzene rings is 2. The number of hydrogen-bond donors (Lipinski definition) is 0. The van der Waals surface area contributed by atoms with Gasteiger partial charge in [0.25, 0.3) is 0 Å². The van der Waals surface area contributed by atoms with Crippen molar-refractivity contribution in [2.45, 2.75) is 26.8 Å². The largest absolute Gasteiger partial charge is 0.360 e. The van der Waals surface area contributed by atoms with Crippen molar-refractivity contribution in [2.24, 2.45) is 0 Å². The number of para-hydroxylation sites is 1. The lowest BCUT2D eigenvalue weighted by atomic mass is 10.2. The SMILES string of the molecule is Cc1ccc(N(CC(=O)N(C)c2ccccc2)C(C)C)cc1. The summed E-state index contributed by atoms with van der Waals surface area (Å²) in [4.78, 5) is 16.4. The summed E-state index contributed by atoms with van der Waals surface area (Å²) in [7, 11) is 1.82. The van der Waals surface area contributed by atoms with Crippen molar-refractivity contribution >= 4 is 17.3 Å². The second-order valence-corrected chi connectivity index (χ2v) is 5.85. The Balaban J connectivity index is 2.14. The summed E-state index contributed by atoms with van der Waals surface area (Å²) in [6, 6.07) is 18.3. The molecule has 0 aromatic heterocycles. The maximum atomic E-state index is 12.6. The first-order valence-corrected chi connectivity index (χ1v) is 7.64. The minimum Gasteiger partial charge on any atom is -0.360 e. The molecule has 3 heteroatoms. The normalized spacial score (nSPS) is 10.6. The summed E-state index contributed by atoms with van der Waals surface area (Å²) in [5.74, 6) is 0.0838. The maximum absolute atomic E-state index is 12.6. The Morgan fingerprint density at radius 2 is 1.55 bits per heavy atom. The van der Waals surface area contributed by atoms with Crippen LogP contribution in [0, 0.1) is 6.92 Å². The van der Waals surface area contributed by atoms with Crippen LogP contribution in [-0.4, -0.2) is 25.5 Å². The number of carbonyl (C=O) groups excluding carboxylic acids is 1. The van der Waals surface area contributed by atoms with Crippen molar-refractivity contribution in [3.8, 4) is 0 Å². The van der Waals surface area contributed by atoms with Crippen LogP contribution in [0.5, 0.6) is 0 Å². The van der Waals surface area contributed by atoms with Crippen molar-refractivity contribution in [1.29, 1.82) is 0 Å². The van der Waals surface area contributed by atoms with Crippen LogP contribution in [0.25, 0.3) is 0 Å². The third kappa shape index (κ3) is 3.88. The Morgan fingerprint density at radius 3 is 2.09 bits per heavy atom. The monoisotopic (exact) mass is 296 g/mol.